The van der Waals surface area contributed by atoms with E-state index in [-0.39, 0.29) is 10.6 Å². The fraction of sp³-hybridized carbons (Fsp3) is 0.267. The second-order valence-corrected chi connectivity index (χ2v) is 9.44. The van der Waals surface area contributed by atoms with E-state index in [2.05, 4.69) is 0 Å². The van der Waals surface area contributed by atoms with Crippen LogP contribution in [-0.2, 0) is 24.7 Å². The molecule has 37 heavy (non-hydrogen) atoms. The van der Waals surface area contributed by atoms with Crippen molar-refractivity contribution in [2.75, 3.05) is 0 Å². The Balaban J connectivity index is 1.91. The minimum atomic E-state index is -4.88. The van der Waals surface area contributed by atoms with E-state index in [0.717, 1.165) is 36.6 Å². The number of rotatable bonds is 10. The zero-order valence-corrected chi connectivity index (χ0v) is 22.0. The molecule has 0 aliphatic rings. The third-order valence-electron chi connectivity index (χ3n) is 6.15. The van der Waals surface area contributed by atoms with Crippen LogP contribution in [0.5, 0.6) is 0 Å². The Morgan fingerprint density at radius 1 is 0.757 bits per heavy atom. The second kappa shape index (κ2) is 12.3. The van der Waals surface area contributed by atoms with Crippen molar-refractivity contribution in [1.82, 2.24) is 0 Å². The van der Waals surface area contributed by atoms with Crippen LogP contribution in [0.4, 0.5) is 22.0 Å². The summed E-state index contributed by atoms with van der Waals surface area (Å²) in [5, 5.41) is -0.701. The standard InChI is InChI=1S/C30H27Cl2F5/c1-3-5-7-9-20-11-13-21(14-12-20)24-17-18-25(28(33)27(24)32)30(36,37)29(34,35)23-16-15-22(26(31)19-23)10-8-6-4-2/h3-6,11-19H,7-10H2,1-2H3/b5-3+,6-4+. The average Bonchev–Trinajstić information content (AvgIpc) is 2.87. The minimum absolute atomic E-state index is 0.0551. The highest BCUT2D eigenvalue weighted by molar-refractivity contribution is 6.33. The molecule has 0 aliphatic carbocycles. The fourth-order valence-corrected chi connectivity index (χ4v) is 4.53. The molecule has 0 aliphatic heterocycles. The number of halogens is 7. The zero-order chi connectivity index (χ0) is 27.2. The van der Waals surface area contributed by atoms with Gasteiger partial charge in [-0.15, -0.1) is 0 Å². The first-order valence-corrected chi connectivity index (χ1v) is 12.6. The molecule has 0 N–H and O–H groups in total. The molecule has 0 amide bonds. The van der Waals surface area contributed by atoms with Crippen molar-refractivity contribution < 1.29 is 22.0 Å². The Labute approximate surface area is 224 Å². The Bertz CT molecular complexity index is 1280. The summed E-state index contributed by atoms with van der Waals surface area (Å²) in [4.78, 5) is 0. The van der Waals surface area contributed by atoms with E-state index >= 15 is 22.0 Å². The van der Waals surface area contributed by atoms with Crippen LogP contribution in [0.2, 0.25) is 10.0 Å². The van der Waals surface area contributed by atoms with Crippen molar-refractivity contribution in [2.24, 2.45) is 0 Å². The average molecular weight is 553 g/mol. The molecule has 0 saturated carbocycles. The number of hydrogen-bond donors (Lipinski definition) is 0. The van der Waals surface area contributed by atoms with Gasteiger partial charge in [0.2, 0.25) is 0 Å². The number of hydrogen-bond acceptors (Lipinski definition) is 0. The van der Waals surface area contributed by atoms with E-state index in [0.29, 0.717) is 30.0 Å². The first-order valence-electron chi connectivity index (χ1n) is 11.9. The quantitative estimate of drug-likeness (QED) is 0.173. The van der Waals surface area contributed by atoms with E-state index in [1.54, 1.807) is 12.1 Å². The molecule has 0 unspecified atom stereocenters. The van der Waals surface area contributed by atoms with Gasteiger partial charge in [-0.1, -0.05) is 90.0 Å². The molecule has 7 heteroatoms. The van der Waals surface area contributed by atoms with Gasteiger partial charge in [0.05, 0.1) is 10.6 Å². The summed E-state index contributed by atoms with van der Waals surface area (Å²) in [6.07, 6.45) is 10.4. The van der Waals surface area contributed by atoms with E-state index in [1.807, 2.05) is 50.3 Å². The van der Waals surface area contributed by atoms with Crippen LogP contribution in [0.3, 0.4) is 0 Å². The largest absolute Gasteiger partial charge is 0.342 e. The number of aryl methyl sites for hydroxylation is 2. The van der Waals surface area contributed by atoms with Crippen molar-refractivity contribution in [2.45, 2.75) is 51.4 Å². The van der Waals surface area contributed by atoms with Crippen LogP contribution in [0, 0.1) is 5.82 Å². The van der Waals surface area contributed by atoms with Gasteiger partial charge < -0.3 is 0 Å². The SMILES string of the molecule is C/C=C/CCc1ccc(-c2ccc(C(F)(F)C(F)(F)c3ccc(CC/C=C/C)c(Cl)c3)c(F)c2Cl)cc1. The highest BCUT2D eigenvalue weighted by atomic mass is 35.5. The van der Waals surface area contributed by atoms with E-state index in [4.69, 9.17) is 23.2 Å². The molecule has 0 heterocycles. The molecule has 0 saturated heterocycles. The van der Waals surface area contributed by atoms with Crippen molar-refractivity contribution in [1.29, 1.82) is 0 Å². The van der Waals surface area contributed by atoms with Crippen LogP contribution in [-0.4, -0.2) is 0 Å². The maximum Gasteiger partial charge on any atom is 0.342 e. The van der Waals surface area contributed by atoms with E-state index in [1.165, 1.54) is 6.07 Å². The van der Waals surface area contributed by atoms with Crippen LogP contribution < -0.4 is 0 Å². The summed E-state index contributed by atoms with van der Waals surface area (Å²) in [7, 11) is 0. The molecule has 0 radical (unpaired) electrons. The smallest absolute Gasteiger partial charge is 0.205 e. The topological polar surface area (TPSA) is 0 Å². The Kier molecular flexibility index (Phi) is 9.60. The lowest BCUT2D eigenvalue weighted by molar-refractivity contribution is -0.225. The molecule has 0 nitrogen and oxygen atoms in total. The molecule has 0 bridgehead atoms. The van der Waals surface area contributed by atoms with Gasteiger partial charge in [-0.25, -0.2) is 4.39 Å². The number of allylic oxidation sites excluding steroid dienone is 4. The van der Waals surface area contributed by atoms with Gasteiger partial charge in [0, 0.05) is 16.1 Å². The van der Waals surface area contributed by atoms with Gasteiger partial charge in [-0.05, 0) is 68.4 Å². The number of benzene rings is 3. The predicted octanol–water partition coefficient (Wildman–Crippen LogP) is 10.7. The minimum Gasteiger partial charge on any atom is -0.205 e. The molecule has 3 rings (SSSR count). The van der Waals surface area contributed by atoms with Gasteiger partial charge in [-0.3, -0.25) is 0 Å². The molecule has 0 spiro atoms. The van der Waals surface area contributed by atoms with Gasteiger partial charge in [0.1, 0.15) is 0 Å². The van der Waals surface area contributed by atoms with E-state index in [9.17, 15) is 0 Å². The molecule has 0 atom stereocenters. The van der Waals surface area contributed by atoms with Crippen molar-refractivity contribution >= 4 is 23.2 Å². The van der Waals surface area contributed by atoms with Gasteiger partial charge in [0.15, 0.2) is 5.82 Å². The highest BCUT2D eigenvalue weighted by Gasteiger charge is 2.60. The van der Waals surface area contributed by atoms with Crippen LogP contribution in [0.1, 0.15) is 48.9 Å². The van der Waals surface area contributed by atoms with Crippen molar-refractivity contribution in [3.63, 3.8) is 0 Å². The zero-order valence-electron chi connectivity index (χ0n) is 20.5. The number of alkyl halides is 4. The molecule has 0 aromatic heterocycles. The Morgan fingerprint density at radius 2 is 1.38 bits per heavy atom. The van der Waals surface area contributed by atoms with Gasteiger partial charge in [0.25, 0.3) is 0 Å². The summed E-state index contributed by atoms with van der Waals surface area (Å²) in [6.45, 7) is 3.77. The third-order valence-corrected chi connectivity index (χ3v) is 6.87. The lowest BCUT2D eigenvalue weighted by atomic mass is 9.92. The van der Waals surface area contributed by atoms with Gasteiger partial charge >= 0.3 is 11.8 Å². The lowest BCUT2D eigenvalue weighted by Crippen LogP contribution is -2.36. The highest BCUT2D eigenvalue weighted by Crippen LogP contribution is 2.52. The van der Waals surface area contributed by atoms with Crippen LogP contribution in [0.25, 0.3) is 11.1 Å². The molecule has 3 aromatic rings. The summed E-state index contributed by atoms with van der Waals surface area (Å²) < 4.78 is 75.7. The molecular weight excluding hydrogens is 526 g/mol. The predicted molar refractivity (Wildman–Crippen MR) is 142 cm³/mol. The maximum absolute atomic E-state index is 15.2. The second-order valence-electron chi connectivity index (χ2n) is 8.66. The Hall–Kier alpha value is -2.63. The monoisotopic (exact) mass is 552 g/mol. The molecular formula is C30H27Cl2F5. The van der Waals surface area contributed by atoms with Crippen molar-refractivity contribution in [3.8, 4) is 11.1 Å². The van der Waals surface area contributed by atoms with Crippen LogP contribution >= 0.6 is 23.2 Å². The third kappa shape index (κ3) is 6.27. The molecule has 196 valence electrons. The lowest BCUT2D eigenvalue weighted by Gasteiger charge is -2.28. The Morgan fingerprint density at radius 3 is 1.97 bits per heavy atom. The van der Waals surface area contributed by atoms with E-state index < -0.39 is 33.8 Å². The van der Waals surface area contributed by atoms with Crippen LogP contribution in [0.15, 0.2) is 78.9 Å². The first-order chi connectivity index (χ1) is 17.5. The summed E-state index contributed by atoms with van der Waals surface area (Å²) in [5.41, 5.74) is -0.286. The fourth-order valence-electron chi connectivity index (χ4n) is 3.98. The maximum atomic E-state index is 15.2. The summed E-state index contributed by atoms with van der Waals surface area (Å²) in [5.74, 6) is -11.2. The normalized spacial score (nSPS) is 12.7. The molecule has 0 fully saturated rings. The van der Waals surface area contributed by atoms with Crippen molar-refractivity contribution in [3.05, 3.63) is 117 Å². The molecule has 3 aromatic carbocycles. The summed E-state index contributed by atoms with van der Waals surface area (Å²) in [6, 6.07) is 11.8. The van der Waals surface area contributed by atoms with Gasteiger partial charge in [-0.2, -0.15) is 17.6 Å². The summed E-state index contributed by atoms with van der Waals surface area (Å²) >= 11 is 12.2. The first kappa shape index (κ1) is 28.9.